The fourth-order valence-corrected chi connectivity index (χ4v) is 6.07. The lowest BCUT2D eigenvalue weighted by Gasteiger charge is -2.43. The average Bonchev–Trinajstić information content (AvgIpc) is 2.79. The lowest BCUT2D eigenvalue weighted by Crippen LogP contribution is -2.62. The number of hydrogen-bond donors (Lipinski definition) is 1. The fraction of sp³-hybridized carbons (Fsp3) is 0.435. The maximum Gasteiger partial charge on any atom is 0.242 e. The van der Waals surface area contributed by atoms with Crippen molar-refractivity contribution in [3.8, 4) is 0 Å². The first-order valence-corrected chi connectivity index (χ1v) is 12.5. The van der Waals surface area contributed by atoms with E-state index in [1.807, 2.05) is 0 Å². The van der Waals surface area contributed by atoms with Crippen LogP contribution in [-0.4, -0.2) is 67.3 Å². The maximum absolute atomic E-state index is 13.5. The van der Waals surface area contributed by atoms with Gasteiger partial charge < -0.3 is 10.6 Å². The molecule has 0 unspecified atom stereocenters. The van der Waals surface area contributed by atoms with Crippen LogP contribution in [0.15, 0.2) is 48.5 Å². The lowest BCUT2D eigenvalue weighted by molar-refractivity contribution is -0.139. The Labute approximate surface area is 186 Å². The number of piperazine rings is 1. The van der Waals surface area contributed by atoms with E-state index in [4.69, 9.17) is 5.73 Å². The van der Waals surface area contributed by atoms with E-state index in [0.29, 0.717) is 26.2 Å². The van der Waals surface area contributed by atoms with E-state index in [-0.39, 0.29) is 47.9 Å². The number of nitrogens with two attached hydrogens (primary N) is 1. The Hall–Kier alpha value is -2.36. The molecular weight excluding hydrogens is 436 g/mol. The molecular formula is C23H27F2N3O3S. The van der Waals surface area contributed by atoms with Crippen LogP contribution in [0.5, 0.6) is 0 Å². The summed E-state index contributed by atoms with van der Waals surface area (Å²) in [6.45, 7) is 2.01. The summed E-state index contributed by atoms with van der Waals surface area (Å²) in [5.74, 6) is -0.986. The minimum atomic E-state index is -3.12. The van der Waals surface area contributed by atoms with Crippen LogP contribution in [0, 0.1) is 11.6 Å². The Bertz CT molecular complexity index is 1010. The third kappa shape index (κ3) is 4.84. The zero-order chi connectivity index (χ0) is 22.9. The largest absolute Gasteiger partial charge is 0.339 e. The predicted molar refractivity (Wildman–Crippen MR) is 118 cm³/mol. The van der Waals surface area contributed by atoms with Crippen LogP contribution in [0.2, 0.25) is 0 Å². The van der Waals surface area contributed by atoms with Crippen molar-refractivity contribution in [1.29, 1.82) is 0 Å². The van der Waals surface area contributed by atoms with Gasteiger partial charge in [0, 0.05) is 26.2 Å². The standard InChI is InChI=1S/C23H27F2N3O3S/c24-19-5-1-17(2-6-19)21(18-3-7-20(25)8-4-18)27-11-13-28(14-12-27)22(29)23(26)9-15-32(30,31)16-10-23/h1-8,21H,9-16,26H2. The smallest absolute Gasteiger partial charge is 0.242 e. The zero-order valence-electron chi connectivity index (χ0n) is 17.7. The normalized spacial score (nSPS) is 20.9. The Kier molecular flexibility index (Phi) is 6.33. The van der Waals surface area contributed by atoms with Crippen molar-refractivity contribution in [1.82, 2.24) is 9.80 Å². The third-order valence-electron chi connectivity index (χ3n) is 6.48. The molecule has 0 aromatic heterocycles. The molecule has 172 valence electrons. The Morgan fingerprint density at radius 1 is 0.844 bits per heavy atom. The molecule has 2 aliphatic heterocycles. The fourth-order valence-electron chi connectivity index (χ4n) is 4.52. The van der Waals surface area contributed by atoms with Crippen molar-refractivity contribution in [3.05, 3.63) is 71.3 Å². The molecule has 0 bridgehead atoms. The molecule has 0 radical (unpaired) electrons. The van der Waals surface area contributed by atoms with Crippen molar-refractivity contribution in [2.75, 3.05) is 37.7 Å². The molecule has 32 heavy (non-hydrogen) atoms. The highest BCUT2D eigenvalue weighted by molar-refractivity contribution is 7.91. The summed E-state index contributed by atoms with van der Waals surface area (Å²) >= 11 is 0. The van der Waals surface area contributed by atoms with Crippen molar-refractivity contribution >= 4 is 15.7 Å². The molecule has 2 aromatic rings. The number of sulfone groups is 1. The van der Waals surface area contributed by atoms with Crippen molar-refractivity contribution < 1.29 is 22.0 Å². The number of amides is 1. The Balaban J connectivity index is 1.49. The first kappa shape index (κ1) is 22.8. The number of nitrogens with zero attached hydrogens (tertiary/aromatic N) is 2. The van der Waals surface area contributed by atoms with E-state index >= 15 is 0 Å². The van der Waals surface area contributed by atoms with Crippen LogP contribution in [0.4, 0.5) is 8.78 Å². The van der Waals surface area contributed by atoms with Gasteiger partial charge in [-0.25, -0.2) is 17.2 Å². The van der Waals surface area contributed by atoms with E-state index < -0.39 is 15.4 Å². The zero-order valence-corrected chi connectivity index (χ0v) is 18.5. The van der Waals surface area contributed by atoms with Gasteiger partial charge in [-0.1, -0.05) is 24.3 Å². The highest BCUT2D eigenvalue weighted by atomic mass is 32.2. The minimum absolute atomic E-state index is 0.0631. The van der Waals surface area contributed by atoms with Crippen molar-refractivity contribution in [3.63, 3.8) is 0 Å². The van der Waals surface area contributed by atoms with Crippen LogP contribution in [0.1, 0.15) is 30.0 Å². The van der Waals surface area contributed by atoms with E-state index in [9.17, 15) is 22.0 Å². The number of halogens is 2. The molecule has 9 heteroatoms. The molecule has 6 nitrogen and oxygen atoms in total. The molecule has 2 fully saturated rings. The van der Waals surface area contributed by atoms with Gasteiger partial charge in [0.25, 0.3) is 0 Å². The summed E-state index contributed by atoms with van der Waals surface area (Å²) in [6, 6.07) is 12.3. The number of rotatable bonds is 4. The van der Waals surface area contributed by atoms with Crippen molar-refractivity contribution in [2.24, 2.45) is 5.73 Å². The molecule has 4 rings (SSSR count). The number of carbonyl (C=O) groups is 1. The summed E-state index contributed by atoms with van der Waals surface area (Å²) < 4.78 is 50.4. The molecule has 2 aliphatic rings. The van der Waals surface area contributed by atoms with Crippen LogP contribution in [0.25, 0.3) is 0 Å². The molecule has 2 N–H and O–H groups in total. The lowest BCUT2D eigenvalue weighted by atomic mass is 9.91. The summed E-state index contributed by atoms with van der Waals surface area (Å²) in [5, 5.41) is 0. The number of hydrogen-bond acceptors (Lipinski definition) is 5. The summed E-state index contributed by atoms with van der Waals surface area (Å²) in [6.07, 6.45) is 0.282. The highest BCUT2D eigenvalue weighted by Crippen LogP contribution is 2.31. The van der Waals surface area contributed by atoms with Crippen LogP contribution in [-0.2, 0) is 14.6 Å². The monoisotopic (exact) mass is 463 g/mol. The van der Waals surface area contributed by atoms with E-state index in [0.717, 1.165) is 11.1 Å². The first-order valence-electron chi connectivity index (χ1n) is 10.7. The van der Waals surface area contributed by atoms with Gasteiger partial charge in [0.05, 0.1) is 23.1 Å². The maximum atomic E-state index is 13.5. The van der Waals surface area contributed by atoms with E-state index in [2.05, 4.69) is 4.90 Å². The second-order valence-electron chi connectivity index (χ2n) is 8.64. The number of benzene rings is 2. The summed E-state index contributed by atoms with van der Waals surface area (Å²) in [7, 11) is -3.12. The van der Waals surface area contributed by atoms with Gasteiger partial charge in [-0.3, -0.25) is 9.69 Å². The second-order valence-corrected chi connectivity index (χ2v) is 10.9. The molecule has 1 amide bonds. The summed E-state index contributed by atoms with van der Waals surface area (Å²) in [4.78, 5) is 17.0. The van der Waals surface area contributed by atoms with Gasteiger partial charge in [-0.2, -0.15) is 0 Å². The van der Waals surface area contributed by atoms with Gasteiger partial charge in [-0.05, 0) is 48.2 Å². The molecule has 0 saturated carbocycles. The molecule has 2 heterocycles. The Morgan fingerprint density at radius 3 is 1.72 bits per heavy atom. The predicted octanol–water partition coefficient (Wildman–Crippen LogP) is 2.10. The first-order chi connectivity index (χ1) is 15.2. The molecule has 0 aliphatic carbocycles. The summed E-state index contributed by atoms with van der Waals surface area (Å²) in [5.41, 5.74) is 6.94. The molecule has 0 spiro atoms. The van der Waals surface area contributed by atoms with Crippen LogP contribution >= 0.6 is 0 Å². The van der Waals surface area contributed by atoms with Crippen LogP contribution in [0.3, 0.4) is 0 Å². The van der Waals surface area contributed by atoms with Gasteiger partial charge in [0.1, 0.15) is 21.5 Å². The van der Waals surface area contributed by atoms with E-state index in [1.54, 1.807) is 29.2 Å². The molecule has 2 saturated heterocycles. The SMILES string of the molecule is NC1(C(=O)N2CCN(C(c3ccc(F)cc3)c3ccc(F)cc3)CC2)CCS(=O)(=O)CC1. The number of carbonyl (C=O) groups excluding carboxylic acids is 1. The molecule has 0 atom stereocenters. The van der Waals surface area contributed by atoms with Gasteiger partial charge >= 0.3 is 0 Å². The highest BCUT2D eigenvalue weighted by Gasteiger charge is 2.43. The van der Waals surface area contributed by atoms with Gasteiger partial charge in [-0.15, -0.1) is 0 Å². The third-order valence-corrected chi connectivity index (χ3v) is 8.13. The Morgan fingerprint density at radius 2 is 1.28 bits per heavy atom. The average molecular weight is 464 g/mol. The quantitative estimate of drug-likeness (QED) is 0.751. The van der Waals surface area contributed by atoms with Gasteiger partial charge in [0.15, 0.2) is 0 Å². The second kappa shape index (κ2) is 8.88. The van der Waals surface area contributed by atoms with Crippen LogP contribution < -0.4 is 5.73 Å². The van der Waals surface area contributed by atoms with E-state index in [1.165, 1.54) is 24.3 Å². The van der Waals surface area contributed by atoms with Crippen molar-refractivity contribution in [2.45, 2.75) is 24.4 Å². The molecule has 2 aromatic carbocycles. The topological polar surface area (TPSA) is 83.7 Å². The minimum Gasteiger partial charge on any atom is -0.339 e. The van der Waals surface area contributed by atoms with Gasteiger partial charge in [0.2, 0.25) is 5.91 Å².